The Kier molecular flexibility index (Phi) is 3.87. The van der Waals surface area contributed by atoms with Crippen molar-refractivity contribution < 1.29 is 4.92 Å². The number of likely N-dealkylation sites (tertiary alicyclic amines) is 1. The van der Waals surface area contributed by atoms with Gasteiger partial charge in [-0.05, 0) is 48.0 Å². The van der Waals surface area contributed by atoms with Crippen molar-refractivity contribution in [1.29, 1.82) is 0 Å². The van der Waals surface area contributed by atoms with E-state index in [0.717, 1.165) is 19.6 Å². The molecule has 0 saturated carbocycles. The lowest BCUT2D eigenvalue weighted by atomic mass is 10.4. The highest BCUT2D eigenvalue weighted by Gasteiger charge is 2.14. The van der Waals surface area contributed by atoms with Gasteiger partial charge in [0.2, 0.25) is 0 Å². The van der Waals surface area contributed by atoms with E-state index in [-0.39, 0.29) is 5.82 Å². The summed E-state index contributed by atoms with van der Waals surface area (Å²) in [5.41, 5.74) is 0.497. The maximum absolute atomic E-state index is 10.7. The van der Waals surface area contributed by atoms with Gasteiger partial charge in [-0.3, -0.25) is 0 Å². The first-order chi connectivity index (χ1) is 8.27. The summed E-state index contributed by atoms with van der Waals surface area (Å²) in [4.78, 5) is 16.4. The van der Waals surface area contributed by atoms with E-state index >= 15 is 0 Å². The van der Waals surface area contributed by atoms with Crippen molar-refractivity contribution in [3.05, 3.63) is 28.4 Å². The van der Waals surface area contributed by atoms with Crippen molar-refractivity contribution in [1.82, 2.24) is 9.88 Å². The first kappa shape index (κ1) is 11.8. The van der Waals surface area contributed by atoms with Gasteiger partial charge in [0.25, 0.3) is 0 Å². The van der Waals surface area contributed by atoms with Crippen molar-refractivity contribution in [2.45, 2.75) is 12.8 Å². The number of pyridine rings is 1. The maximum Gasteiger partial charge on any atom is 0.386 e. The quantitative estimate of drug-likeness (QED) is 0.619. The number of hydrogen-bond donors (Lipinski definition) is 1. The summed E-state index contributed by atoms with van der Waals surface area (Å²) in [6, 6.07) is 3.39. The van der Waals surface area contributed by atoms with Gasteiger partial charge >= 0.3 is 5.82 Å². The Bertz CT molecular complexity index is 391. The van der Waals surface area contributed by atoms with Crippen molar-refractivity contribution in [2.24, 2.45) is 0 Å². The fourth-order valence-electron chi connectivity index (χ4n) is 2.04. The first-order valence-electron chi connectivity index (χ1n) is 5.83. The van der Waals surface area contributed by atoms with E-state index in [1.165, 1.54) is 19.0 Å². The predicted octanol–water partition coefficient (Wildman–Crippen LogP) is 1.50. The topological polar surface area (TPSA) is 71.3 Å². The predicted molar refractivity (Wildman–Crippen MR) is 65.1 cm³/mol. The second-order valence-corrected chi connectivity index (χ2v) is 4.11. The van der Waals surface area contributed by atoms with Crippen LogP contribution in [0.5, 0.6) is 0 Å². The summed E-state index contributed by atoms with van der Waals surface area (Å²) >= 11 is 0. The highest BCUT2D eigenvalue weighted by molar-refractivity contribution is 5.56. The maximum atomic E-state index is 10.7. The van der Waals surface area contributed by atoms with Crippen molar-refractivity contribution in [3.8, 4) is 0 Å². The zero-order valence-corrected chi connectivity index (χ0v) is 9.63. The molecule has 1 saturated heterocycles. The minimum absolute atomic E-state index is 0.103. The van der Waals surface area contributed by atoms with E-state index < -0.39 is 4.92 Å². The molecule has 0 unspecified atom stereocenters. The summed E-state index contributed by atoms with van der Waals surface area (Å²) in [6.07, 6.45) is 3.95. The van der Waals surface area contributed by atoms with Gasteiger partial charge in [-0.1, -0.05) is 0 Å². The molecular weight excluding hydrogens is 220 g/mol. The molecule has 0 spiro atoms. The number of nitrogens with zero attached hydrogens (tertiary/aromatic N) is 3. The van der Waals surface area contributed by atoms with E-state index in [1.807, 2.05) is 0 Å². The summed E-state index contributed by atoms with van der Waals surface area (Å²) in [5.74, 6) is -0.103. The number of hydrogen-bond acceptors (Lipinski definition) is 5. The van der Waals surface area contributed by atoms with Gasteiger partial charge in [-0.2, -0.15) is 0 Å². The van der Waals surface area contributed by atoms with Gasteiger partial charge in [-0.25, -0.2) is 0 Å². The molecule has 6 nitrogen and oxygen atoms in total. The van der Waals surface area contributed by atoms with E-state index in [9.17, 15) is 10.1 Å². The molecule has 1 aromatic rings. The van der Waals surface area contributed by atoms with E-state index in [2.05, 4.69) is 15.2 Å². The van der Waals surface area contributed by atoms with Gasteiger partial charge in [0.1, 0.15) is 11.9 Å². The molecule has 0 atom stereocenters. The lowest BCUT2D eigenvalue weighted by Crippen LogP contribution is -2.26. The molecule has 0 amide bonds. The van der Waals surface area contributed by atoms with Crippen LogP contribution in [0.25, 0.3) is 0 Å². The smallest absolute Gasteiger partial charge is 0.377 e. The van der Waals surface area contributed by atoms with Gasteiger partial charge in [-0.15, -0.1) is 0 Å². The van der Waals surface area contributed by atoms with Crippen LogP contribution < -0.4 is 5.32 Å². The highest BCUT2D eigenvalue weighted by atomic mass is 16.6. The molecule has 1 aromatic heterocycles. The molecule has 17 heavy (non-hydrogen) atoms. The van der Waals surface area contributed by atoms with E-state index in [1.54, 1.807) is 12.1 Å². The van der Waals surface area contributed by atoms with Gasteiger partial charge < -0.3 is 20.3 Å². The lowest BCUT2D eigenvalue weighted by Gasteiger charge is -2.14. The average Bonchev–Trinajstić information content (AvgIpc) is 2.82. The van der Waals surface area contributed by atoms with Crippen LogP contribution in [0.1, 0.15) is 12.8 Å². The minimum Gasteiger partial charge on any atom is -0.377 e. The summed E-state index contributed by atoms with van der Waals surface area (Å²) in [7, 11) is 0. The van der Waals surface area contributed by atoms with E-state index in [4.69, 9.17) is 0 Å². The lowest BCUT2D eigenvalue weighted by molar-refractivity contribution is -0.388. The second-order valence-electron chi connectivity index (χ2n) is 4.11. The summed E-state index contributed by atoms with van der Waals surface area (Å²) < 4.78 is 0. The molecule has 0 aliphatic carbocycles. The first-order valence-corrected chi connectivity index (χ1v) is 5.83. The Balaban J connectivity index is 1.87. The summed E-state index contributed by atoms with van der Waals surface area (Å²) in [5, 5.41) is 13.8. The van der Waals surface area contributed by atoms with Crippen LogP contribution in [-0.4, -0.2) is 41.0 Å². The van der Waals surface area contributed by atoms with Crippen LogP contribution in [0.3, 0.4) is 0 Å². The number of nitrogens with one attached hydrogen (secondary N) is 1. The Morgan fingerprint density at radius 2 is 2.24 bits per heavy atom. The van der Waals surface area contributed by atoms with Crippen molar-refractivity contribution in [3.63, 3.8) is 0 Å². The molecule has 0 aromatic carbocycles. The van der Waals surface area contributed by atoms with Crippen LogP contribution in [0.15, 0.2) is 18.3 Å². The fourth-order valence-corrected chi connectivity index (χ4v) is 2.04. The number of rotatable bonds is 5. The zero-order chi connectivity index (χ0) is 12.1. The molecule has 1 aliphatic rings. The number of anilines is 1. The monoisotopic (exact) mass is 236 g/mol. The standard InChI is InChI=1S/C11H16N4O2/c16-15(17)11-10(4-3-5-13-11)12-6-9-14-7-1-2-8-14/h3-5,12H,1-2,6-9H2. The zero-order valence-electron chi connectivity index (χ0n) is 9.63. The van der Waals surface area contributed by atoms with Crippen molar-refractivity contribution in [2.75, 3.05) is 31.5 Å². The molecule has 0 bridgehead atoms. The Hall–Kier alpha value is -1.69. The van der Waals surface area contributed by atoms with Gasteiger partial charge in [0.05, 0.1) is 0 Å². The van der Waals surface area contributed by atoms with Crippen LogP contribution >= 0.6 is 0 Å². The van der Waals surface area contributed by atoms with Gasteiger partial charge in [0.15, 0.2) is 0 Å². The molecule has 92 valence electrons. The van der Waals surface area contributed by atoms with Gasteiger partial charge in [0, 0.05) is 13.1 Å². The molecule has 6 heteroatoms. The van der Waals surface area contributed by atoms with Crippen LogP contribution in [0.2, 0.25) is 0 Å². The minimum atomic E-state index is -0.460. The number of nitro groups is 1. The average molecular weight is 236 g/mol. The molecule has 1 fully saturated rings. The molecule has 2 heterocycles. The largest absolute Gasteiger partial charge is 0.386 e. The second kappa shape index (κ2) is 5.58. The van der Waals surface area contributed by atoms with E-state index in [0.29, 0.717) is 12.2 Å². The Morgan fingerprint density at radius 1 is 1.47 bits per heavy atom. The fraction of sp³-hybridized carbons (Fsp3) is 0.545. The number of aromatic nitrogens is 1. The summed E-state index contributed by atoms with van der Waals surface area (Å²) in [6.45, 7) is 3.91. The normalized spacial score (nSPS) is 16.0. The molecule has 1 N–H and O–H groups in total. The Morgan fingerprint density at radius 3 is 2.94 bits per heavy atom. The third kappa shape index (κ3) is 3.13. The third-order valence-corrected chi connectivity index (χ3v) is 2.90. The SMILES string of the molecule is O=[N+]([O-])c1ncccc1NCCN1CCCC1. The highest BCUT2D eigenvalue weighted by Crippen LogP contribution is 2.19. The third-order valence-electron chi connectivity index (χ3n) is 2.90. The molecule has 1 aliphatic heterocycles. The molecular formula is C11H16N4O2. The van der Waals surface area contributed by atoms with Crippen LogP contribution in [0, 0.1) is 10.1 Å². The molecule has 2 rings (SSSR count). The Labute approximate surface area is 99.8 Å². The van der Waals surface area contributed by atoms with Crippen molar-refractivity contribution >= 4 is 11.5 Å². The molecule has 0 radical (unpaired) electrons. The van der Waals surface area contributed by atoms with Crippen LogP contribution in [-0.2, 0) is 0 Å². The van der Waals surface area contributed by atoms with Crippen LogP contribution in [0.4, 0.5) is 11.5 Å².